The summed E-state index contributed by atoms with van der Waals surface area (Å²) in [6, 6.07) is 7.43. The van der Waals surface area contributed by atoms with Gasteiger partial charge in [-0.3, -0.25) is 4.68 Å². The first-order valence-electron chi connectivity index (χ1n) is 9.83. The predicted octanol–water partition coefficient (Wildman–Crippen LogP) is 3.72. The quantitative estimate of drug-likeness (QED) is 0.629. The average molecular weight is 390 g/mol. The third kappa shape index (κ3) is 4.79. The number of nitrogens with two attached hydrogens (primary N) is 1. The lowest BCUT2D eigenvalue weighted by Crippen LogP contribution is -2.09. The zero-order valence-electron chi connectivity index (χ0n) is 17.1. The predicted molar refractivity (Wildman–Crippen MR) is 111 cm³/mol. The highest BCUT2D eigenvalue weighted by atomic mass is 16.5. The molecule has 0 unspecified atom stereocenters. The summed E-state index contributed by atoms with van der Waals surface area (Å²) in [5, 5.41) is 13.8. The van der Waals surface area contributed by atoms with Crippen LogP contribution in [0, 0.1) is 17.2 Å². The Balaban J connectivity index is 1.99. The second-order valence-electron chi connectivity index (χ2n) is 7.26. The number of benzene rings is 1. The van der Waals surface area contributed by atoms with Crippen LogP contribution in [0.1, 0.15) is 37.6 Å². The van der Waals surface area contributed by atoms with Crippen molar-refractivity contribution < 1.29 is 4.74 Å². The molecule has 1 aromatic carbocycles. The summed E-state index contributed by atoms with van der Waals surface area (Å²) in [6.45, 7) is 7.76. The number of hydrogen-bond donors (Lipinski definition) is 1. The summed E-state index contributed by atoms with van der Waals surface area (Å²) in [5.41, 5.74) is 8.83. The number of nitrogens with zero attached hydrogens (tertiary/aromatic N) is 5. The van der Waals surface area contributed by atoms with Gasteiger partial charge in [0.2, 0.25) is 0 Å². The number of aromatic nitrogens is 4. The van der Waals surface area contributed by atoms with Crippen LogP contribution in [-0.4, -0.2) is 26.3 Å². The second kappa shape index (κ2) is 9.30. The minimum atomic E-state index is 0.478. The van der Waals surface area contributed by atoms with E-state index in [-0.39, 0.29) is 0 Å². The molecular weight excluding hydrogens is 364 g/mol. The maximum absolute atomic E-state index is 9.32. The molecule has 2 N–H and O–H groups in total. The Kier molecular flexibility index (Phi) is 6.57. The van der Waals surface area contributed by atoms with Gasteiger partial charge in [0.15, 0.2) is 11.6 Å². The van der Waals surface area contributed by atoms with Crippen LogP contribution in [0.15, 0.2) is 36.8 Å². The average Bonchev–Trinajstić information content (AvgIpc) is 3.09. The number of hydrogen-bond acceptors (Lipinski definition) is 6. The molecule has 150 valence electrons. The Morgan fingerprint density at radius 3 is 2.55 bits per heavy atom. The lowest BCUT2D eigenvalue weighted by molar-refractivity contribution is 0.451. The molecular formula is C22H26N6O. The third-order valence-corrected chi connectivity index (χ3v) is 4.49. The monoisotopic (exact) mass is 390 g/mol. The summed E-state index contributed by atoms with van der Waals surface area (Å²) in [4.78, 5) is 8.92. The molecule has 7 heteroatoms. The number of rotatable bonds is 8. The highest BCUT2D eigenvalue weighted by Gasteiger charge is 2.16. The molecule has 0 saturated carbocycles. The van der Waals surface area contributed by atoms with Gasteiger partial charge >= 0.3 is 0 Å². The fourth-order valence-corrected chi connectivity index (χ4v) is 3.11. The molecule has 2 heterocycles. The Morgan fingerprint density at radius 2 is 1.93 bits per heavy atom. The van der Waals surface area contributed by atoms with E-state index in [0.717, 1.165) is 36.2 Å². The zero-order valence-corrected chi connectivity index (χ0v) is 17.1. The number of ether oxygens (including phenoxy) is 1. The summed E-state index contributed by atoms with van der Waals surface area (Å²) in [6.07, 6.45) is 6.80. The third-order valence-electron chi connectivity index (χ3n) is 4.49. The topological polar surface area (TPSA) is 103 Å². The number of nitriles is 1. The van der Waals surface area contributed by atoms with Crippen LogP contribution < -0.4 is 10.5 Å². The van der Waals surface area contributed by atoms with Gasteiger partial charge in [-0.25, -0.2) is 9.97 Å². The van der Waals surface area contributed by atoms with Crippen molar-refractivity contribution >= 4 is 0 Å². The van der Waals surface area contributed by atoms with Gasteiger partial charge in [-0.05, 0) is 49.1 Å². The molecule has 3 aromatic rings. The zero-order chi connectivity index (χ0) is 20.8. The van der Waals surface area contributed by atoms with Gasteiger partial charge in [-0.1, -0.05) is 20.8 Å². The van der Waals surface area contributed by atoms with Gasteiger partial charge in [-0.2, -0.15) is 10.4 Å². The molecule has 2 aromatic heterocycles. The molecule has 3 rings (SSSR count). The van der Waals surface area contributed by atoms with Crippen molar-refractivity contribution in [3.05, 3.63) is 53.6 Å². The minimum Gasteiger partial charge on any atom is -0.453 e. The van der Waals surface area contributed by atoms with Crippen molar-refractivity contribution in [1.29, 1.82) is 5.26 Å². The van der Waals surface area contributed by atoms with Crippen molar-refractivity contribution in [3.8, 4) is 29.0 Å². The van der Waals surface area contributed by atoms with E-state index in [0.29, 0.717) is 35.3 Å². The van der Waals surface area contributed by atoms with Gasteiger partial charge < -0.3 is 10.5 Å². The van der Waals surface area contributed by atoms with E-state index in [1.807, 2.05) is 10.7 Å². The van der Waals surface area contributed by atoms with Crippen molar-refractivity contribution in [2.24, 2.45) is 11.7 Å². The molecule has 0 aliphatic heterocycles. The van der Waals surface area contributed by atoms with Crippen LogP contribution in [0.2, 0.25) is 0 Å². The van der Waals surface area contributed by atoms with E-state index >= 15 is 0 Å². The Labute approximate surface area is 171 Å². The maximum Gasteiger partial charge on any atom is 0.168 e. The van der Waals surface area contributed by atoms with Crippen molar-refractivity contribution in [2.75, 3.05) is 6.54 Å². The van der Waals surface area contributed by atoms with E-state index < -0.39 is 0 Å². The summed E-state index contributed by atoms with van der Waals surface area (Å²) < 4.78 is 8.21. The summed E-state index contributed by atoms with van der Waals surface area (Å²) in [7, 11) is 0. The van der Waals surface area contributed by atoms with Gasteiger partial charge in [0.05, 0.1) is 29.1 Å². The Morgan fingerprint density at radius 1 is 1.17 bits per heavy atom. The smallest absolute Gasteiger partial charge is 0.168 e. The minimum absolute atomic E-state index is 0.478. The van der Waals surface area contributed by atoms with Crippen LogP contribution in [0.25, 0.3) is 11.4 Å². The van der Waals surface area contributed by atoms with Crippen molar-refractivity contribution in [1.82, 2.24) is 19.7 Å². The molecule has 0 saturated heterocycles. The van der Waals surface area contributed by atoms with Crippen LogP contribution >= 0.6 is 0 Å². The molecule has 0 radical (unpaired) electrons. The van der Waals surface area contributed by atoms with Gasteiger partial charge in [0.25, 0.3) is 0 Å². The summed E-state index contributed by atoms with van der Waals surface area (Å²) in [5.74, 6) is 2.24. The lowest BCUT2D eigenvalue weighted by Gasteiger charge is -2.13. The molecule has 29 heavy (non-hydrogen) atoms. The first kappa shape index (κ1) is 20.5. The van der Waals surface area contributed by atoms with E-state index in [9.17, 15) is 5.26 Å². The fraction of sp³-hybridized carbons (Fsp3) is 0.364. The molecule has 0 aliphatic rings. The molecule has 0 fully saturated rings. The second-order valence-corrected chi connectivity index (χ2v) is 7.26. The lowest BCUT2D eigenvalue weighted by atomic mass is 10.1. The molecule has 0 amide bonds. The van der Waals surface area contributed by atoms with Crippen LogP contribution in [-0.2, 0) is 19.4 Å². The van der Waals surface area contributed by atoms with Gasteiger partial charge in [0.1, 0.15) is 5.75 Å². The van der Waals surface area contributed by atoms with E-state index in [2.05, 4.69) is 41.9 Å². The summed E-state index contributed by atoms with van der Waals surface area (Å²) >= 11 is 0. The standard InChI is InChI=1S/C22H26N6O/c1-4-19-21(13-27-28(19)14-15(2)3)29-20-9-16(10-24)5-6-18(20)22-25-11-17(7-8-23)12-26-22/h5-6,9,11-13,15H,4,7-8,14,23H2,1-3H3. The van der Waals surface area contributed by atoms with E-state index in [4.69, 9.17) is 10.5 Å². The molecule has 0 bridgehead atoms. The molecule has 0 aliphatic carbocycles. The van der Waals surface area contributed by atoms with E-state index in [1.165, 1.54) is 0 Å². The Hall–Kier alpha value is -3.24. The first-order valence-corrected chi connectivity index (χ1v) is 9.83. The molecule has 0 spiro atoms. The van der Waals surface area contributed by atoms with Crippen molar-refractivity contribution in [2.45, 2.75) is 40.2 Å². The van der Waals surface area contributed by atoms with Crippen molar-refractivity contribution in [3.63, 3.8) is 0 Å². The largest absolute Gasteiger partial charge is 0.453 e. The van der Waals surface area contributed by atoms with Gasteiger partial charge in [0, 0.05) is 18.9 Å². The van der Waals surface area contributed by atoms with Gasteiger partial charge in [-0.15, -0.1) is 0 Å². The molecule has 0 atom stereocenters. The normalized spacial score (nSPS) is 10.9. The van der Waals surface area contributed by atoms with Crippen LogP contribution in [0.5, 0.6) is 11.5 Å². The SMILES string of the molecule is CCc1c(Oc2cc(C#N)ccc2-c2ncc(CCN)cn2)cnn1CC(C)C. The Bertz CT molecular complexity index is 1000. The first-order chi connectivity index (χ1) is 14.0. The molecule has 7 nitrogen and oxygen atoms in total. The van der Waals surface area contributed by atoms with Crippen LogP contribution in [0.3, 0.4) is 0 Å². The van der Waals surface area contributed by atoms with Crippen LogP contribution in [0.4, 0.5) is 0 Å². The van der Waals surface area contributed by atoms with E-state index in [1.54, 1.807) is 30.7 Å². The maximum atomic E-state index is 9.32. The fourth-order valence-electron chi connectivity index (χ4n) is 3.11. The highest BCUT2D eigenvalue weighted by Crippen LogP contribution is 2.34. The highest BCUT2D eigenvalue weighted by molar-refractivity contribution is 5.66.